The Morgan fingerprint density at radius 3 is 2.29 bits per heavy atom. The molecule has 0 aliphatic rings. The first-order chi connectivity index (χ1) is 11.1. The fourth-order valence-corrected chi connectivity index (χ4v) is 2.38. The Kier molecular flexibility index (Phi) is 6.70. The van der Waals surface area contributed by atoms with Crippen LogP contribution >= 0.6 is 0 Å². The van der Waals surface area contributed by atoms with E-state index in [1.165, 1.54) is 0 Å². The number of carbonyl (C=O) groups excluding carboxylic acids is 2. The highest BCUT2D eigenvalue weighted by atomic mass is 16.6. The number of carbonyl (C=O) groups is 2. The van der Waals surface area contributed by atoms with Gasteiger partial charge in [0.15, 0.2) is 0 Å². The van der Waals surface area contributed by atoms with Crippen LogP contribution in [0.5, 0.6) is 0 Å². The molecular weight excluding hydrogens is 306 g/mol. The molecule has 0 aromatic carbocycles. The second kappa shape index (κ2) is 8.08. The second-order valence-corrected chi connectivity index (χ2v) is 6.95. The minimum absolute atomic E-state index is 0.135. The van der Waals surface area contributed by atoms with Crippen molar-refractivity contribution in [3.05, 3.63) is 41.7 Å². The van der Waals surface area contributed by atoms with E-state index in [1.54, 1.807) is 46.0 Å². The van der Waals surface area contributed by atoms with Crippen LogP contribution in [-0.2, 0) is 14.3 Å². The average molecular weight is 333 g/mol. The summed E-state index contributed by atoms with van der Waals surface area (Å²) in [6.07, 6.45) is 1.59. The topological polar surface area (TPSA) is 65.5 Å². The zero-order valence-corrected chi connectivity index (χ0v) is 15.4. The molecule has 0 bridgehead atoms. The second-order valence-electron chi connectivity index (χ2n) is 6.95. The van der Waals surface area contributed by atoms with E-state index in [-0.39, 0.29) is 17.5 Å². The molecule has 1 rings (SSSR count). The van der Waals surface area contributed by atoms with E-state index in [4.69, 9.17) is 9.47 Å². The van der Waals surface area contributed by atoms with Crippen LogP contribution in [0.3, 0.4) is 0 Å². The van der Waals surface area contributed by atoms with Crippen molar-refractivity contribution in [3.8, 4) is 0 Å². The maximum atomic E-state index is 12.0. The first-order valence-electron chi connectivity index (χ1n) is 8.12. The molecule has 1 heterocycles. The van der Waals surface area contributed by atoms with Gasteiger partial charge in [-0.15, -0.1) is 0 Å². The number of hydrogen-bond donors (Lipinski definition) is 0. The molecule has 132 valence electrons. The third-order valence-corrected chi connectivity index (χ3v) is 3.33. The van der Waals surface area contributed by atoms with Crippen molar-refractivity contribution in [2.45, 2.75) is 53.1 Å². The molecule has 0 amide bonds. The standard InChI is InChI=1S/C19H27NO4/c1-8-23-17(21)13(4)16(12(2)3)14-9-10-15(20-11-14)18(22)24-19(5,6)7/h9-12,16H,4,8H2,1-3,5-7H3. The maximum absolute atomic E-state index is 12.0. The van der Waals surface area contributed by atoms with Gasteiger partial charge in [0.2, 0.25) is 0 Å². The van der Waals surface area contributed by atoms with Gasteiger partial charge in [0.05, 0.1) is 6.61 Å². The van der Waals surface area contributed by atoms with Crippen molar-refractivity contribution in [1.82, 2.24) is 4.98 Å². The van der Waals surface area contributed by atoms with Gasteiger partial charge in [0.1, 0.15) is 11.3 Å². The zero-order chi connectivity index (χ0) is 18.5. The van der Waals surface area contributed by atoms with Gasteiger partial charge in [-0.1, -0.05) is 26.5 Å². The van der Waals surface area contributed by atoms with Crippen LogP contribution in [-0.4, -0.2) is 29.1 Å². The van der Waals surface area contributed by atoms with Gasteiger partial charge < -0.3 is 9.47 Å². The molecule has 5 nitrogen and oxygen atoms in total. The molecule has 0 spiro atoms. The summed E-state index contributed by atoms with van der Waals surface area (Å²) in [6, 6.07) is 3.39. The summed E-state index contributed by atoms with van der Waals surface area (Å²) in [5.74, 6) is -0.966. The number of ether oxygens (including phenoxy) is 2. The minimum atomic E-state index is -0.573. The van der Waals surface area contributed by atoms with E-state index in [9.17, 15) is 9.59 Å². The minimum Gasteiger partial charge on any atom is -0.463 e. The van der Waals surface area contributed by atoms with E-state index in [0.717, 1.165) is 5.56 Å². The summed E-state index contributed by atoms with van der Waals surface area (Å²) in [4.78, 5) is 28.2. The lowest BCUT2D eigenvalue weighted by Gasteiger charge is -2.23. The Balaban J connectivity index is 3.01. The number of aromatic nitrogens is 1. The van der Waals surface area contributed by atoms with Gasteiger partial charge in [0.25, 0.3) is 0 Å². The number of pyridine rings is 1. The highest BCUT2D eigenvalue weighted by Crippen LogP contribution is 2.31. The Labute approximate surface area is 144 Å². The van der Waals surface area contributed by atoms with Gasteiger partial charge in [-0.3, -0.25) is 0 Å². The van der Waals surface area contributed by atoms with Crippen LogP contribution in [0.15, 0.2) is 30.5 Å². The van der Waals surface area contributed by atoms with Crippen LogP contribution in [0, 0.1) is 5.92 Å². The predicted octanol–water partition coefficient (Wildman–Crippen LogP) is 3.90. The van der Waals surface area contributed by atoms with Crippen molar-refractivity contribution in [3.63, 3.8) is 0 Å². The Morgan fingerprint density at radius 2 is 1.88 bits per heavy atom. The van der Waals surface area contributed by atoms with E-state index in [1.807, 2.05) is 13.8 Å². The van der Waals surface area contributed by atoms with Crippen molar-refractivity contribution < 1.29 is 19.1 Å². The average Bonchev–Trinajstić information content (AvgIpc) is 2.46. The molecule has 0 saturated carbocycles. The normalized spacial score (nSPS) is 12.6. The largest absolute Gasteiger partial charge is 0.463 e. The summed E-state index contributed by atoms with van der Waals surface area (Å²) in [5, 5.41) is 0. The fraction of sp³-hybridized carbons (Fsp3) is 0.526. The van der Waals surface area contributed by atoms with Gasteiger partial charge in [-0.2, -0.15) is 0 Å². The molecule has 0 N–H and O–H groups in total. The van der Waals surface area contributed by atoms with E-state index in [0.29, 0.717) is 12.2 Å². The highest BCUT2D eigenvalue weighted by molar-refractivity contribution is 5.90. The molecular formula is C19H27NO4. The first kappa shape index (κ1) is 19.9. The van der Waals surface area contributed by atoms with Crippen LogP contribution in [0.2, 0.25) is 0 Å². The molecule has 0 fully saturated rings. The Morgan fingerprint density at radius 1 is 1.25 bits per heavy atom. The van der Waals surface area contributed by atoms with Gasteiger partial charge in [0, 0.05) is 17.7 Å². The van der Waals surface area contributed by atoms with E-state index < -0.39 is 17.5 Å². The fourth-order valence-electron chi connectivity index (χ4n) is 2.38. The maximum Gasteiger partial charge on any atom is 0.357 e. The third kappa shape index (κ3) is 5.48. The third-order valence-electron chi connectivity index (χ3n) is 3.33. The van der Waals surface area contributed by atoms with E-state index in [2.05, 4.69) is 11.6 Å². The lowest BCUT2D eigenvalue weighted by Crippen LogP contribution is -2.24. The van der Waals surface area contributed by atoms with Crippen molar-refractivity contribution in [2.24, 2.45) is 5.92 Å². The molecule has 24 heavy (non-hydrogen) atoms. The molecule has 0 aliphatic heterocycles. The van der Waals surface area contributed by atoms with Crippen molar-refractivity contribution >= 4 is 11.9 Å². The van der Waals surface area contributed by atoms with Crippen molar-refractivity contribution in [2.75, 3.05) is 6.61 Å². The molecule has 1 atom stereocenters. The number of rotatable bonds is 6. The van der Waals surface area contributed by atoms with E-state index >= 15 is 0 Å². The van der Waals surface area contributed by atoms with Gasteiger partial charge in [-0.25, -0.2) is 14.6 Å². The predicted molar refractivity (Wildman–Crippen MR) is 92.8 cm³/mol. The van der Waals surface area contributed by atoms with Gasteiger partial charge in [-0.05, 0) is 45.2 Å². The van der Waals surface area contributed by atoms with Crippen LogP contribution in [0.25, 0.3) is 0 Å². The smallest absolute Gasteiger partial charge is 0.357 e. The number of esters is 2. The molecule has 1 aromatic heterocycles. The molecule has 0 radical (unpaired) electrons. The first-order valence-corrected chi connectivity index (χ1v) is 8.12. The quantitative estimate of drug-likeness (QED) is 0.583. The highest BCUT2D eigenvalue weighted by Gasteiger charge is 2.26. The molecule has 5 heteroatoms. The lowest BCUT2D eigenvalue weighted by atomic mass is 9.83. The summed E-state index contributed by atoms with van der Waals surface area (Å²) in [7, 11) is 0. The molecule has 1 aromatic rings. The number of nitrogens with zero attached hydrogens (tertiary/aromatic N) is 1. The molecule has 0 saturated heterocycles. The SMILES string of the molecule is C=C(C(=O)OCC)C(c1ccc(C(=O)OC(C)(C)C)nc1)C(C)C. The summed E-state index contributed by atoms with van der Waals surface area (Å²) in [6.45, 7) is 15.3. The monoisotopic (exact) mass is 333 g/mol. The zero-order valence-electron chi connectivity index (χ0n) is 15.4. The summed E-state index contributed by atoms with van der Waals surface area (Å²) >= 11 is 0. The summed E-state index contributed by atoms with van der Waals surface area (Å²) in [5.41, 5.74) is 0.864. The van der Waals surface area contributed by atoms with Gasteiger partial charge >= 0.3 is 11.9 Å². The Bertz CT molecular complexity index is 597. The van der Waals surface area contributed by atoms with Crippen LogP contribution < -0.4 is 0 Å². The Hall–Kier alpha value is -2.17. The van der Waals surface area contributed by atoms with Crippen LogP contribution in [0.4, 0.5) is 0 Å². The molecule has 0 aliphatic carbocycles. The molecule has 1 unspecified atom stereocenters. The summed E-state index contributed by atoms with van der Waals surface area (Å²) < 4.78 is 10.3. The van der Waals surface area contributed by atoms with Crippen LogP contribution in [0.1, 0.15) is 63.5 Å². The lowest BCUT2D eigenvalue weighted by molar-refractivity contribution is -0.138. The number of hydrogen-bond acceptors (Lipinski definition) is 5. The van der Waals surface area contributed by atoms with Crippen molar-refractivity contribution in [1.29, 1.82) is 0 Å².